The maximum Gasteiger partial charge on any atom is 0.309 e. The monoisotopic (exact) mass is 369 g/mol. The van der Waals surface area contributed by atoms with Crippen molar-refractivity contribution in [2.45, 2.75) is 38.7 Å². The number of hydrogen-bond acceptors (Lipinski definition) is 5. The van der Waals surface area contributed by atoms with Crippen molar-refractivity contribution in [1.29, 1.82) is 5.26 Å². The van der Waals surface area contributed by atoms with E-state index < -0.39 is 18.0 Å². The summed E-state index contributed by atoms with van der Waals surface area (Å²) in [5, 5.41) is 11.7. The molecule has 0 bridgehead atoms. The summed E-state index contributed by atoms with van der Waals surface area (Å²) in [5.41, 5.74) is 0.733. The van der Waals surface area contributed by atoms with E-state index in [2.05, 4.69) is 5.32 Å². The van der Waals surface area contributed by atoms with E-state index in [1.54, 1.807) is 24.3 Å². The molecule has 142 valence electrons. The Labute approximate surface area is 158 Å². The van der Waals surface area contributed by atoms with Crippen molar-refractivity contribution in [3.05, 3.63) is 29.8 Å². The van der Waals surface area contributed by atoms with Gasteiger partial charge in [-0.25, -0.2) is 0 Å². The molecule has 1 heterocycles. The van der Waals surface area contributed by atoms with Gasteiger partial charge < -0.3 is 15.0 Å². The van der Waals surface area contributed by atoms with Crippen molar-refractivity contribution in [1.82, 2.24) is 4.90 Å². The van der Waals surface area contributed by atoms with Gasteiger partial charge in [0.05, 0.1) is 17.2 Å². The average Bonchev–Trinajstić information content (AvgIpc) is 3.53. The van der Waals surface area contributed by atoms with Gasteiger partial charge in [0, 0.05) is 19.0 Å². The Morgan fingerprint density at radius 1 is 1.15 bits per heavy atom. The minimum absolute atomic E-state index is 0.188. The quantitative estimate of drug-likeness (QED) is 0.801. The molecule has 1 aromatic carbocycles. The highest BCUT2D eigenvalue weighted by atomic mass is 16.5. The first kappa shape index (κ1) is 18.9. The number of carbonyl (C=O) groups is 3. The molecule has 1 saturated heterocycles. The van der Waals surface area contributed by atoms with Crippen LogP contribution < -0.4 is 5.32 Å². The van der Waals surface area contributed by atoms with Gasteiger partial charge in [-0.3, -0.25) is 14.4 Å². The summed E-state index contributed by atoms with van der Waals surface area (Å²) in [7, 11) is 0. The van der Waals surface area contributed by atoms with E-state index in [0.717, 1.165) is 12.8 Å². The highest BCUT2D eigenvalue weighted by Crippen LogP contribution is 2.32. The van der Waals surface area contributed by atoms with E-state index >= 15 is 0 Å². The van der Waals surface area contributed by atoms with Gasteiger partial charge in [0.1, 0.15) is 6.07 Å². The topological polar surface area (TPSA) is 99.5 Å². The van der Waals surface area contributed by atoms with Crippen LogP contribution in [0.1, 0.15) is 38.2 Å². The molecule has 3 rings (SSSR count). The molecule has 2 amide bonds. The SMILES string of the molecule is CC(OC(=O)C1CCN(C(=O)C2CC2)CC1)C(=O)Nc1ccccc1C#N. The molecule has 0 radical (unpaired) electrons. The molecule has 7 nitrogen and oxygen atoms in total. The fourth-order valence-corrected chi connectivity index (χ4v) is 3.17. The van der Waals surface area contributed by atoms with Crippen molar-refractivity contribution in [3.63, 3.8) is 0 Å². The van der Waals surface area contributed by atoms with E-state index in [1.807, 2.05) is 11.0 Å². The zero-order chi connectivity index (χ0) is 19.4. The van der Waals surface area contributed by atoms with E-state index in [9.17, 15) is 14.4 Å². The number of hydrogen-bond donors (Lipinski definition) is 1. The van der Waals surface area contributed by atoms with Gasteiger partial charge in [-0.2, -0.15) is 5.26 Å². The predicted molar refractivity (Wildman–Crippen MR) is 97.4 cm³/mol. The first-order chi connectivity index (χ1) is 13.0. The summed E-state index contributed by atoms with van der Waals surface area (Å²) in [4.78, 5) is 38.5. The highest BCUT2D eigenvalue weighted by molar-refractivity contribution is 5.96. The molecule has 7 heteroatoms. The van der Waals surface area contributed by atoms with Crippen LogP contribution in [0.5, 0.6) is 0 Å². The van der Waals surface area contributed by atoms with Gasteiger partial charge in [0.2, 0.25) is 5.91 Å². The summed E-state index contributed by atoms with van der Waals surface area (Å²) in [6, 6.07) is 8.64. The number of anilines is 1. The zero-order valence-corrected chi connectivity index (χ0v) is 15.3. The Morgan fingerprint density at radius 3 is 2.44 bits per heavy atom. The van der Waals surface area contributed by atoms with Gasteiger partial charge in [-0.15, -0.1) is 0 Å². The van der Waals surface area contributed by atoms with Crippen molar-refractivity contribution in [3.8, 4) is 6.07 Å². The van der Waals surface area contributed by atoms with Crippen molar-refractivity contribution < 1.29 is 19.1 Å². The average molecular weight is 369 g/mol. The smallest absolute Gasteiger partial charge is 0.309 e. The number of nitrogens with one attached hydrogen (secondary N) is 1. The second-order valence-electron chi connectivity index (χ2n) is 7.10. The normalized spacial score (nSPS) is 18.3. The maximum absolute atomic E-state index is 12.4. The van der Waals surface area contributed by atoms with Crippen LogP contribution in [0.15, 0.2) is 24.3 Å². The number of para-hydroxylation sites is 1. The zero-order valence-electron chi connectivity index (χ0n) is 15.3. The third kappa shape index (κ3) is 4.64. The van der Waals surface area contributed by atoms with Crippen molar-refractivity contribution >= 4 is 23.5 Å². The van der Waals surface area contributed by atoms with Crippen molar-refractivity contribution in [2.75, 3.05) is 18.4 Å². The number of ether oxygens (including phenoxy) is 1. The van der Waals surface area contributed by atoms with Gasteiger partial charge >= 0.3 is 5.97 Å². The van der Waals surface area contributed by atoms with Crippen LogP contribution in [-0.2, 0) is 19.1 Å². The second-order valence-corrected chi connectivity index (χ2v) is 7.10. The number of nitriles is 1. The molecule has 1 unspecified atom stereocenters. The van der Waals surface area contributed by atoms with E-state index in [4.69, 9.17) is 10.00 Å². The Morgan fingerprint density at radius 2 is 1.81 bits per heavy atom. The van der Waals surface area contributed by atoms with Gasteiger partial charge in [0.25, 0.3) is 5.91 Å². The molecule has 1 N–H and O–H groups in total. The number of carbonyl (C=O) groups excluding carboxylic acids is 3. The third-order valence-electron chi connectivity index (χ3n) is 5.03. The molecular formula is C20H23N3O4. The van der Waals surface area contributed by atoms with Crippen LogP contribution in [0.2, 0.25) is 0 Å². The lowest BCUT2D eigenvalue weighted by Gasteiger charge is -2.31. The van der Waals surface area contributed by atoms with Crippen molar-refractivity contribution in [2.24, 2.45) is 11.8 Å². The standard InChI is InChI=1S/C20H23N3O4/c1-13(18(24)22-17-5-3-2-4-16(17)12-21)27-20(26)15-8-10-23(11-9-15)19(25)14-6-7-14/h2-5,13-15H,6-11H2,1H3,(H,22,24). The second kappa shape index (κ2) is 8.21. The number of benzene rings is 1. The maximum atomic E-state index is 12.4. The van der Waals surface area contributed by atoms with Crippen LogP contribution in [0.4, 0.5) is 5.69 Å². The Hall–Kier alpha value is -2.88. The Kier molecular flexibility index (Phi) is 5.75. The lowest BCUT2D eigenvalue weighted by Crippen LogP contribution is -2.42. The predicted octanol–water partition coefficient (Wildman–Crippen LogP) is 2.08. The van der Waals surface area contributed by atoms with Crippen LogP contribution in [0, 0.1) is 23.2 Å². The largest absolute Gasteiger partial charge is 0.452 e. The number of amides is 2. The van der Waals surface area contributed by atoms with Gasteiger partial charge in [-0.05, 0) is 44.7 Å². The summed E-state index contributed by atoms with van der Waals surface area (Å²) < 4.78 is 5.32. The van der Waals surface area contributed by atoms with E-state index in [0.29, 0.717) is 37.2 Å². The van der Waals surface area contributed by atoms with Crippen LogP contribution >= 0.6 is 0 Å². The molecule has 2 aliphatic rings. The first-order valence-corrected chi connectivity index (χ1v) is 9.29. The molecule has 27 heavy (non-hydrogen) atoms. The van der Waals surface area contributed by atoms with Gasteiger partial charge in [-0.1, -0.05) is 12.1 Å². The van der Waals surface area contributed by atoms with Gasteiger partial charge in [0.15, 0.2) is 6.10 Å². The third-order valence-corrected chi connectivity index (χ3v) is 5.03. The molecule has 1 aromatic rings. The number of nitrogens with zero attached hydrogens (tertiary/aromatic N) is 2. The molecule has 1 atom stereocenters. The van der Waals surface area contributed by atoms with E-state index in [1.165, 1.54) is 6.92 Å². The van der Waals surface area contributed by atoms with Crippen LogP contribution in [-0.4, -0.2) is 41.9 Å². The Balaban J connectivity index is 1.48. The number of esters is 1. The summed E-state index contributed by atoms with van der Waals surface area (Å²) in [6.07, 6.45) is 2.10. The molecule has 1 aliphatic carbocycles. The fourth-order valence-electron chi connectivity index (χ4n) is 3.17. The lowest BCUT2D eigenvalue weighted by atomic mass is 9.96. The van der Waals surface area contributed by atoms with Crippen LogP contribution in [0.25, 0.3) is 0 Å². The number of likely N-dealkylation sites (tertiary alicyclic amines) is 1. The Bertz CT molecular complexity index is 774. The molecule has 1 saturated carbocycles. The summed E-state index contributed by atoms with van der Waals surface area (Å²) >= 11 is 0. The summed E-state index contributed by atoms with van der Waals surface area (Å²) in [6.45, 7) is 2.63. The van der Waals surface area contributed by atoms with Crippen LogP contribution in [0.3, 0.4) is 0 Å². The fraction of sp³-hybridized carbons (Fsp3) is 0.500. The molecule has 2 fully saturated rings. The summed E-state index contributed by atoms with van der Waals surface area (Å²) in [5.74, 6) is -0.800. The number of piperidine rings is 1. The minimum atomic E-state index is -0.963. The molecule has 1 aliphatic heterocycles. The highest BCUT2D eigenvalue weighted by Gasteiger charge is 2.36. The molecular weight excluding hydrogens is 346 g/mol. The molecule has 0 spiro atoms. The first-order valence-electron chi connectivity index (χ1n) is 9.29. The van der Waals surface area contributed by atoms with E-state index in [-0.39, 0.29) is 17.7 Å². The minimum Gasteiger partial charge on any atom is -0.452 e. The lowest BCUT2D eigenvalue weighted by molar-refractivity contribution is -0.159. The number of rotatable bonds is 5. The molecule has 0 aromatic heterocycles.